The number of nitrogens with one attached hydrogen (secondary N) is 1. The molecule has 0 radical (unpaired) electrons. The first-order valence-electron chi connectivity index (χ1n) is 8.15. The molecule has 0 atom stereocenters. The van der Waals surface area contributed by atoms with Crippen molar-refractivity contribution in [3.63, 3.8) is 0 Å². The van der Waals surface area contributed by atoms with E-state index in [4.69, 9.17) is 0 Å². The Morgan fingerprint density at radius 3 is 2.59 bits per heavy atom. The highest BCUT2D eigenvalue weighted by molar-refractivity contribution is 5.95. The van der Waals surface area contributed by atoms with Crippen LogP contribution in [0.4, 0.5) is 5.69 Å². The van der Waals surface area contributed by atoms with Gasteiger partial charge in [0, 0.05) is 40.8 Å². The van der Waals surface area contributed by atoms with Gasteiger partial charge in [-0.25, -0.2) is 10.4 Å². The molecule has 1 aromatic carbocycles. The molecule has 1 amide bonds. The summed E-state index contributed by atoms with van der Waals surface area (Å²) in [5, 5.41) is 14.6. The van der Waals surface area contributed by atoms with Gasteiger partial charge in [-0.3, -0.25) is 14.9 Å². The summed E-state index contributed by atoms with van der Waals surface area (Å²) in [5.41, 5.74) is 5.43. The van der Waals surface area contributed by atoms with Crippen LogP contribution in [0.5, 0.6) is 0 Å². The largest absolute Gasteiger partial charge is 0.303 e. The zero-order valence-electron chi connectivity index (χ0n) is 14.8. The molecular formula is C19H17N5O3. The number of hydrogen-bond donors (Lipinski definition) is 1. The molecule has 2 heterocycles. The number of carbonyl (C=O) groups is 1. The first-order valence-corrected chi connectivity index (χ1v) is 8.15. The number of nitro groups is 1. The smallest absolute Gasteiger partial charge is 0.271 e. The Kier molecular flexibility index (Phi) is 5.07. The summed E-state index contributed by atoms with van der Waals surface area (Å²) in [6.07, 6.45) is 3.29. The summed E-state index contributed by atoms with van der Waals surface area (Å²) in [6.45, 7) is 3.91. The Labute approximate surface area is 155 Å². The van der Waals surface area contributed by atoms with Gasteiger partial charge in [-0.2, -0.15) is 5.10 Å². The maximum absolute atomic E-state index is 12.1. The van der Waals surface area contributed by atoms with E-state index < -0.39 is 10.8 Å². The van der Waals surface area contributed by atoms with Crippen molar-refractivity contribution in [1.82, 2.24) is 15.0 Å². The van der Waals surface area contributed by atoms with Gasteiger partial charge in [0.2, 0.25) is 0 Å². The molecule has 3 aromatic rings. The minimum Gasteiger partial charge on any atom is -0.303 e. The second kappa shape index (κ2) is 7.61. The number of non-ortho nitro benzene ring substituents is 1. The van der Waals surface area contributed by atoms with Crippen molar-refractivity contribution in [2.45, 2.75) is 13.8 Å². The molecule has 0 fully saturated rings. The zero-order valence-corrected chi connectivity index (χ0v) is 14.8. The third-order valence-corrected chi connectivity index (χ3v) is 4.06. The number of pyridine rings is 1. The highest BCUT2D eigenvalue weighted by atomic mass is 16.6. The number of carbonyl (C=O) groups excluding carboxylic acids is 1. The van der Waals surface area contributed by atoms with Gasteiger partial charge in [0.15, 0.2) is 0 Å². The molecule has 0 unspecified atom stereocenters. The van der Waals surface area contributed by atoms with Gasteiger partial charge in [-0.1, -0.05) is 6.07 Å². The zero-order chi connectivity index (χ0) is 19.4. The van der Waals surface area contributed by atoms with E-state index in [1.807, 2.05) is 42.7 Å². The number of amides is 1. The van der Waals surface area contributed by atoms with Crippen molar-refractivity contribution >= 4 is 17.8 Å². The summed E-state index contributed by atoms with van der Waals surface area (Å²) in [4.78, 5) is 26.6. The van der Waals surface area contributed by atoms with E-state index in [1.165, 1.54) is 24.3 Å². The van der Waals surface area contributed by atoms with Gasteiger partial charge >= 0.3 is 0 Å². The van der Waals surface area contributed by atoms with Gasteiger partial charge in [-0.05, 0) is 44.2 Å². The molecule has 0 aliphatic heterocycles. The maximum atomic E-state index is 12.1. The van der Waals surface area contributed by atoms with Crippen molar-refractivity contribution in [1.29, 1.82) is 0 Å². The number of hydrazone groups is 1. The van der Waals surface area contributed by atoms with Crippen molar-refractivity contribution < 1.29 is 9.72 Å². The predicted molar refractivity (Wildman–Crippen MR) is 101 cm³/mol. The lowest BCUT2D eigenvalue weighted by atomic mass is 10.2. The van der Waals surface area contributed by atoms with Crippen molar-refractivity contribution in [3.05, 3.63) is 87.4 Å². The SMILES string of the molecule is Cc1cc(/C=N\NC(=O)c2ccc([N+](=O)[O-])cc2)c(C)n1-c1ccccn1. The fraction of sp³-hybridized carbons (Fsp3) is 0.105. The summed E-state index contributed by atoms with van der Waals surface area (Å²) in [6, 6.07) is 13.0. The number of hydrogen-bond acceptors (Lipinski definition) is 5. The van der Waals surface area contributed by atoms with E-state index in [1.54, 1.807) is 12.4 Å². The highest BCUT2D eigenvalue weighted by Gasteiger charge is 2.11. The molecule has 2 aromatic heterocycles. The van der Waals surface area contributed by atoms with E-state index >= 15 is 0 Å². The van der Waals surface area contributed by atoms with E-state index in [-0.39, 0.29) is 11.3 Å². The summed E-state index contributed by atoms with van der Waals surface area (Å²) < 4.78 is 2.00. The Hall–Kier alpha value is -3.81. The monoisotopic (exact) mass is 363 g/mol. The molecule has 8 nitrogen and oxygen atoms in total. The van der Waals surface area contributed by atoms with Crippen LogP contribution in [-0.4, -0.2) is 26.6 Å². The molecule has 0 saturated heterocycles. The average molecular weight is 363 g/mol. The standard InChI is InChI=1S/C19H17N5O3/c1-13-11-16(14(2)23(13)18-5-3-4-10-20-18)12-21-22-19(25)15-6-8-17(9-7-15)24(26)27/h3-12H,1-2H3,(H,22,25)/b21-12-. The van der Waals surface area contributed by atoms with Gasteiger partial charge in [0.1, 0.15) is 5.82 Å². The molecule has 136 valence electrons. The van der Waals surface area contributed by atoms with Crippen LogP contribution in [0, 0.1) is 24.0 Å². The quantitative estimate of drug-likeness (QED) is 0.427. The molecule has 3 rings (SSSR count). The number of rotatable bonds is 5. The molecule has 0 spiro atoms. The second-order valence-corrected chi connectivity index (χ2v) is 5.85. The van der Waals surface area contributed by atoms with Crippen LogP contribution in [0.25, 0.3) is 5.82 Å². The first-order chi connectivity index (χ1) is 13.0. The minimum atomic E-state index is -0.517. The third-order valence-electron chi connectivity index (χ3n) is 4.06. The van der Waals surface area contributed by atoms with Crippen LogP contribution in [0.2, 0.25) is 0 Å². The number of benzene rings is 1. The Morgan fingerprint density at radius 2 is 1.96 bits per heavy atom. The van der Waals surface area contributed by atoms with Gasteiger partial charge in [0.05, 0.1) is 11.1 Å². The molecule has 0 saturated carbocycles. The van der Waals surface area contributed by atoms with Crippen LogP contribution in [-0.2, 0) is 0 Å². The van der Waals surface area contributed by atoms with Gasteiger partial charge in [0.25, 0.3) is 11.6 Å². The third kappa shape index (κ3) is 3.90. The second-order valence-electron chi connectivity index (χ2n) is 5.85. The summed E-state index contributed by atoms with van der Waals surface area (Å²) in [5.74, 6) is 0.363. The van der Waals surface area contributed by atoms with Crippen LogP contribution >= 0.6 is 0 Å². The molecular weight excluding hydrogens is 346 g/mol. The normalized spacial score (nSPS) is 10.9. The summed E-state index contributed by atoms with van der Waals surface area (Å²) in [7, 11) is 0. The fourth-order valence-corrected chi connectivity index (χ4v) is 2.72. The molecule has 8 heteroatoms. The molecule has 0 bridgehead atoms. The predicted octanol–water partition coefficient (Wildman–Crippen LogP) is 3.16. The molecule has 1 N–H and O–H groups in total. The van der Waals surface area contributed by atoms with Gasteiger partial charge in [-0.15, -0.1) is 0 Å². The summed E-state index contributed by atoms with van der Waals surface area (Å²) >= 11 is 0. The van der Waals surface area contributed by atoms with E-state index in [2.05, 4.69) is 15.5 Å². The van der Waals surface area contributed by atoms with E-state index in [0.717, 1.165) is 22.8 Å². The molecule has 27 heavy (non-hydrogen) atoms. The Balaban J connectivity index is 1.73. The highest BCUT2D eigenvalue weighted by Crippen LogP contribution is 2.18. The van der Waals surface area contributed by atoms with E-state index in [0.29, 0.717) is 0 Å². The maximum Gasteiger partial charge on any atom is 0.271 e. The van der Waals surface area contributed by atoms with Crippen molar-refractivity contribution in [3.8, 4) is 5.82 Å². The van der Waals surface area contributed by atoms with Crippen LogP contribution in [0.1, 0.15) is 27.3 Å². The number of nitro benzene ring substituents is 1. The molecule has 0 aliphatic rings. The van der Waals surface area contributed by atoms with Crippen LogP contribution < -0.4 is 5.43 Å². The minimum absolute atomic E-state index is 0.0722. The van der Waals surface area contributed by atoms with Crippen LogP contribution in [0.3, 0.4) is 0 Å². The number of aromatic nitrogens is 2. The average Bonchev–Trinajstić information content (AvgIpc) is 2.96. The Bertz CT molecular complexity index is 1010. The lowest BCUT2D eigenvalue weighted by molar-refractivity contribution is -0.384. The molecule has 0 aliphatic carbocycles. The topological polar surface area (TPSA) is 102 Å². The number of aryl methyl sites for hydroxylation is 1. The van der Waals surface area contributed by atoms with Crippen LogP contribution in [0.15, 0.2) is 59.8 Å². The fourth-order valence-electron chi connectivity index (χ4n) is 2.72. The lowest BCUT2D eigenvalue weighted by Gasteiger charge is -2.07. The first kappa shape index (κ1) is 18.0. The van der Waals surface area contributed by atoms with E-state index in [9.17, 15) is 14.9 Å². The Morgan fingerprint density at radius 1 is 1.22 bits per heavy atom. The van der Waals surface area contributed by atoms with Gasteiger partial charge < -0.3 is 4.57 Å². The van der Waals surface area contributed by atoms with Crippen molar-refractivity contribution in [2.75, 3.05) is 0 Å². The van der Waals surface area contributed by atoms with Crippen molar-refractivity contribution in [2.24, 2.45) is 5.10 Å². The lowest BCUT2D eigenvalue weighted by Crippen LogP contribution is -2.17. The number of nitrogens with zero attached hydrogens (tertiary/aromatic N) is 4.